The van der Waals surface area contributed by atoms with Gasteiger partial charge in [0.1, 0.15) is 17.2 Å². The molecule has 0 aliphatic heterocycles. The van der Waals surface area contributed by atoms with Crippen molar-refractivity contribution in [3.8, 4) is 17.2 Å². The molecule has 0 fully saturated rings. The topological polar surface area (TPSA) is 44.5 Å². The van der Waals surface area contributed by atoms with Crippen molar-refractivity contribution < 1.29 is 9.47 Å². The Morgan fingerprint density at radius 3 is 2.37 bits per heavy atom. The zero-order valence-corrected chi connectivity index (χ0v) is 11.1. The molecule has 2 aromatic rings. The van der Waals surface area contributed by atoms with Gasteiger partial charge in [0, 0.05) is 6.07 Å². The highest BCUT2D eigenvalue weighted by atomic mass is 16.5. The normalized spacial score (nSPS) is 10.2. The first-order valence-corrected chi connectivity index (χ1v) is 6.51. The molecule has 2 aromatic carbocycles. The molecule has 0 aromatic heterocycles. The summed E-state index contributed by atoms with van der Waals surface area (Å²) >= 11 is 0. The lowest BCUT2D eigenvalue weighted by atomic mass is 10.1. The molecule has 0 bridgehead atoms. The molecule has 3 nitrogen and oxygen atoms in total. The van der Waals surface area contributed by atoms with Crippen LogP contribution >= 0.6 is 0 Å². The molecule has 0 radical (unpaired) electrons. The second-order valence-corrected chi connectivity index (χ2v) is 4.19. The van der Waals surface area contributed by atoms with Crippen LogP contribution in [0.1, 0.15) is 12.5 Å². The van der Waals surface area contributed by atoms with Crippen molar-refractivity contribution in [3.05, 3.63) is 54.1 Å². The number of benzene rings is 2. The lowest BCUT2D eigenvalue weighted by Crippen LogP contribution is -2.02. The van der Waals surface area contributed by atoms with Gasteiger partial charge >= 0.3 is 0 Å². The highest BCUT2D eigenvalue weighted by Gasteiger charge is 2.00. The predicted molar refractivity (Wildman–Crippen MR) is 76.9 cm³/mol. The number of hydrogen-bond donors (Lipinski definition) is 1. The van der Waals surface area contributed by atoms with Gasteiger partial charge in [-0.15, -0.1) is 0 Å². The van der Waals surface area contributed by atoms with Crippen LogP contribution in [-0.4, -0.2) is 13.2 Å². The van der Waals surface area contributed by atoms with Gasteiger partial charge in [-0.25, -0.2) is 0 Å². The average molecular weight is 257 g/mol. The van der Waals surface area contributed by atoms with Crippen molar-refractivity contribution in [3.63, 3.8) is 0 Å². The second-order valence-electron chi connectivity index (χ2n) is 4.19. The summed E-state index contributed by atoms with van der Waals surface area (Å²) in [5.74, 6) is 2.41. The summed E-state index contributed by atoms with van der Waals surface area (Å²) in [6, 6.07) is 15.6. The van der Waals surface area contributed by atoms with Crippen molar-refractivity contribution in [1.29, 1.82) is 0 Å². The third-order valence-electron chi connectivity index (χ3n) is 2.71. The lowest BCUT2D eigenvalue weighted by molar-refractivity contribution is 0.338. The van der Waals surface area contributed by atoms with Crippen LogP contribution in [0, 0.1) is 0 Å². The Bertz CT molecular complexity index is 508. The van der Waals surface area contributed by atoms with Crippen LogP contribution in [0.5, 0.6) is 17.2 Å². The van der Waals surface area contributed by atoms with Gasteiger partial charge < -0.3 is 15.2 Å². The van der Waals surface area contributed by atoms with Crippen LogP contribution < -0.4 is 15.2 Å². The molecule has 0 atom stereocenters. The average Bonchev–Trinajstić information content (AvgIpc) is 2.42. The van der Waals surface area contributed by atoms with E-state index in [-0.39, 0.29) is 0 Å². The van der Waals surface area contributed by atoms with Gasteiger partial charge in [-0.3, -0.25) is 0 Å². The molecule has 2 rings (SSSR count). The predicted octanol–water partition coefficient (Wildman–Crippen LogP) is 3.38. The highest BCUT2D eigenvalue weighted by molar-refractivity contribution is 5.37. The van der Waals surface area contributed by atoms with Gasteiger partial charge in [-0.05, 0) is 49.7 Å². The Kier molecular flexibility index (Phi) is 4.81. The van der Waals surface area contributed by atoms with Crippen molar-refractivity contribution >= 4 is 0 Å². The van der Waals surface area contributed by atoms with Crippen molar-refractivity contribution in [2.75, 3.05) is 13.2 Å². The molecule has 100 valence electrons. The fourth-order valence-corrected chi connectivity index (χ4v) is 1.82. The summed E-state index contributed by atoms with van der Waals surface area (Å²) in [6.07, 6.45) is 0.889. The third-order valence-corrected chi connectivity index (χ3v) is 2.71. The second kappa shape index (κ2) is 6.81. The van der Waals surface area contributed by atoms with Gasteiger partial charge in [-0.2, -0.15) is 0 Å². The van der Waals surface area contributed by atoms with Gasteiger partial charge in [0.25, 0.3) is 0 Å². The van der Waals surface area contributed by atoms with Crippen LogP contribution in [0.3, 0.4) is 0 Å². The Morgan fingerprint density at radius 2 is 1.68 bits per heavy atom. The van der Waals surface area contributed by atoms with E-state index in [0.717, 1.165) is 23.7 Å². The van der Waals surface area contributed by atoms with Gasteiger partial charge in [0.05, 0.1) is 6.61 Å². The van der Waals surface area contributed by atoms with E-state index in [1.165, 1.54) is 5.56 Å². The van der Waals surface area contributed by atoms with Crippen LogP contribution in [0.2, 0.25) is 0 Å². The smallest absolute Gasteiger partial charge is 0.131 e. The summed E-state index contributed by atoms with van der Waals surface area (Å²) in [4.78, 5) is 0. The first-order chi connectivity index (χ1) is 9.31. The summed E-state index contributed by atoms with van der Waals surface area (Å²) in [7, 11) is 0. The lowest BCUT2D eigenvalue weighted by Gasteiger charge is -2.08. The minimum absolute atomic E-state index is 0.650. The van der Waals surface area contributed by atoms with E-state index < -0.39 is 0 Å². The summed E-state index contributed by atoms with van der Waals surface area (Å²) in [6.45, 7) is 3.28. The molecule has 0 unspecified atom stereocenters. The Balaban J connectivity index is 2.05. The SMILES string of the molecule is CCOc1cccc(Oc2ccc(CCN)cc2)c1. The fourth-order valence-electron chi connectivity index (χ4n) is 1.82. The number of rotatable bonds is 6. The standard InChI is InChI=1S/C16H19NO2/c1-2-18-15-4-3-5-16(12-15)19-14-8-6-13(7-9-14)10-11-17/h3-9,12H,2,10-11,17H2,1H3. The van der Waals surface area contributed by atoms with Crippen molar-refractivity contribution in [2.24, 2.45) is 5.73 Å². The Morgan fingerprint density at radius 1 is 0.947 bits per heavy atom. The summed E-state index contributed by atoms with van der Waals surface area (Å²) in [5.41, 5.74) is 6.74. The first-order valence-electron chi connectivity index (χ1n) is 6.51. The van der Waals surface area contributed by atoms with Crippen LogP contribution in [-0.2, 0) is 6.42 Å². The van der Waals surface area contributed by atoms with Gasteiger partial charge in [0.15, 0.2) is 0 Å². The molecule has 2 N–H and O–H groups in total. The fraction of sp³-hybridized carbons (Fsp3) is 0.250. The van der Waals surface area contributed by atoms with E-state index >= 15 is 0 Å². The van der Waals surface area contributed by atoms with Crippen LogP contribution in [0.25, 0.3) is 0 Å². The summed E-state index contributed by atoms with van der Waals surface area (Å²) in [5, 5.41) is 0. The zero-order chi connectivity index (χ0) is 13.5. The monoisotopic (exact) mass is 257 g/mol. The molecule has 0 saturated carbocycles. The molecule has 19 heavy (non-hydrogen) atoms. The molecule has 0 aliphatic carbocycles. The van der Waals surface area contributed by atoms with E-state index in [1.807, 2.05) is 55.5 Å². The largest absolute Gasteiger partial charge is 0.494 e. The minimum Gasteiger partial charge on any atom is -0.494 e. The first kappa shape index (κ1) is 13.4. The van der Waals surface area contributed by atoms with Crippen LogP contribution in [0.4, 0.5) is 0 Å². The minimum atomic E-state index is 0.650. The van der Waals surface area contributed by atoms with E-state index in [1.54, 1.807) is 0 Å². The van der Waals surface area contributed by atoms with Crippen molar-refractivity contribution in [2.45, 2.75) is 13.3 Å². The van der Waals surface area contributed by atoms with E-state index in [2.05, 4.69) is 0 Å². The molecule has 3 heteroatoms. The Hall–Kier alpha value is -2.00. The van der Waals surface area contributed by atoms with Gasteiger partial charge in [0.2, 0.25) is 0 Å². The van der Waals surface area contributed by atoms with Crippen LogP contribution in [0.15, 0.2) is 48.5 Å². The maximum atomic E-state index is 5.79. The molecule has 0 amide bonds. The quantitative estimate of drug-likeness (QED) is 0.862. The summed E-state index contributed by atoms with van der Waals surface area (Å²) < 4.78 is 11.2. The van der Waals surface area contributed by atoms with E-state index in [4.69, 9.17) is 15.2 Å². The third kappa shape index (κ3) is 4.00. The molecule has 0 aliphatic rings. The molecule has 0 spiro atoms. The molecular weight excluding hydrogens is 238 g/mol. The zero-order valence-electron chi connectivity index (χ0n) is 11.1. The maximum Gasteiger partial charge on any atom is 0.131 e. The highest BCUT2D eigenvalue weighted by Crippen LogP contribution is 2.25. The maximum absolute atomic E-state index is 5.79. The van der Waals surface area contributed by atoms with Gasteiger partial charge in [-0.1, -0.05) is 18.2 Å². The van der Waals surface area contributed by atoms with E-state index in [9.17, 15) is 0 Å². The van der Waals surface area contributed by atoms with E-state index in [0.29, 0.717) is 13.2 Å². The molecule has 0 saturated heterocycles. The number of hydrogen-bond acceptors (Lipinski definition) is 3. The Labute approximate surface area is 114 Å². The molecular formula is C16H19NO2. The molecule has 0 heterocycles. The number of nitrogens with two attached hydrogens (primary N) is 1. The number of ether oxygens (including phenoxy) is 2. The van der Waals surface area contributed by atoms with Crippen molar-refractivity contribution in [1.82, 2.24) is 0 Å².